The number of nitrogens with one attached hydrogen (secondary N) is 2. The summed E-state index contributed by atoms with van der Waals surface area (Å²) in [6.07, 6.45) is 4.05. The number of nitrogens with zero attached hydrogens (tertiary/aromatic N) is 2. The topological polar surface area (TPSA) is 64.7 Å². The zero-order valence-electron chi connectivity index (χ0n) is 17.9. The molecule has 2 aromatic rings. The predicted octanol–water partition coefficient (Wildman–Crippen LogP) is 5.46. The largest absolute Gasteiger partial charge is 0.329 e. The Kier molecular flexibility index (Phi) is 8.20. The number of anilines is 1. The van der Waals surface area contributed by atoms with Gasteiger partial charge in [-0.05, 0) is 73.4 Å². The first kappa shape index (κ1) is 24.4. The SMILES string of the molecule is O=C(NCC(=O)N(P=S)C1C[C@H]2CC[C@@H](C1)N2Cc1ccc(Cl)cc1)Nc1cccc(Cl)c1. The van der Waals surface area contributed by atoms with Gasteiger partial charge in [-0.25, -0.2) is 4.79 Å². The first-order valence-electron chi connectivity index (χ1n) is 10.9. The number of urea groups is 1. The Labute approximate surface area is 210 Å². The Hall–Kier alpha value is -1.76. The summed E-state index contributed by atoms with van der Waals surface area (Å²) in [6.45, 7) is 0.792. The van der Waals surface area contributed by atoms with Gasteiger partial charge in [0, 0.05) is 40.4 Å². The maximum absolute atomic E-state index is 12.9. The van der Waals surface area contributed by atoms with E-state index >= 15 is 0 Å². The van der Waals surface area contributed by atoms with E-state index in [-0.39, 0.29) is 18.5 Å². The smallest absolute Gasteiger partial charge is 0.319 e. The number of halogens is 2. The highest BCUT2D eigenvalue weighted by Gasteiger charge is 2.43. The summed E-state index contributed by atoms with van der Waals surface area (Å²) in [5.74, 6) is -0.163. The predicted molar refractivity (Wildman–Crippen MR) is 136 cm³/mol. The molecule has 2 bridgehead atoms. The molecule has 2 fully saturated rings. The van der Waals surface area contributed by atoms with Crippen molar-refractivity contribution in [3.63, 3.8) is 0 Å². The molecule has 0 saturated carbocycles. The van der Waals surface area contributed by atoms with Gasteiger partial charge in [0.15, 0.2) is 0 Å². The van der Waals surface area contributed by atoms with Crippen molar-refractivity contribution in [3.8, 4) is 0 Å². The molecule has 2 heterocycles. The third-order valence-electron chi connectivity index (χ3n) is 6.31. The standard InChI is InChI=1S/C23H25Cl2N4O2PS/c24-16-6-4-15(5-7-16)14-28-19-8-9-20(28)12-21(11-19)29(32-33)22(30)13-26-23(31)27-18-3-1-2-17(25)10-18/h1-7,10,19-21H,8-9,11-14H2,(H2,26,27,31)/t19-,20+,21?. The zero-order chi connectivity index (χ0) is 23.4. The fourth-order valence-electron chi connectivity index (χ4n) is 4.80. The van der Waals surface area contributed by atoms with Gasteiger partial charge in [-0.1, -0.05) is 41.4 Å². The minimum atomic E-state index is -0.454. The van der Waals surface area contributed by atoms with Crippen LogP contribution in [0.3, 0.4) is 0 Å². The van der Waals surface area contributed by atoms with E-state index in [4.69, 9.17) is 35.0 Å². The van der Waals surface area contributed by atoms with Gasteiger partial charge in [-0.2, -0.15) is 0 Å². The molecule has 2 aliphatic heterocycles. The number of rotatable bonds is 7. The van der Waals surface area contributed by atoms with E-state index in [1.165, 1.54) is 5.56 Å². The van der Waals surface area contributed by atoms with Crippen molar-refractivity contribution in [3.05, 3.63) is 64.1 Å². The summed E-state index contributed by atoms with van der Waals surface area (Å²) in [6, 6.07) is 15.3. The molecule has 174 valence electrons. The molecule has 1 unspecified atom stereocenters. The molecule has 0 aromatic heterocycles. The molecule has 3 atom stereocenters. The Bertz CT molecular complexity index is 1010. The molecule has 3 amide bonds. The van der Waals surface area contributed by atoms with Crippen LogP contribution in [-0.4, -0.2) is 46.2 Å². The van der Waals surface area contributed by atoms with Gasteiger partial charge in [0.2, 0.25) is 5.91 Å². The third kappa shape index (κ3) is 6.23. The van der Waals surface area contributed by atoms with E-state index in [0.29, 0.717) is 30.3 Å². The van der Waals surface area contributed by atoms with Crippen molar-refractivity contribution in [1.82, 2.24) is 14.9 Å². The summed E-state index contributed by atoms with van der Waals surface area (Å²) >= 11 is 17.2. The molecule has 4 rings (SSSR count). The van der Waals surface area contributed by atoms with Gasteiger partial charge >= 0.3 is 6.03 Å². The lowest BCUT2D eigenvalue weighted by Crippen LogP contribution is -2.50. The summed E-state index contributed by atoms with van der Waals surface area (Å²) in [5.41, 5.74) is 1.81. The quantitative estimate of drug-likeness (QED) is 0.473. The van der Waals surface area contributed by atoms with Crippen LogP contribution in [0.15, 0.2) is 48.5 Å². The normalized spacial score (nSPS) is 22.2. The fourth-order valence-corrected chi connectivity index (χ4v) is 6.27. The van der Waals surface area contributed by atoms with Gasteiger partial charge in [0.25, 0.3) is 0 Å². The van der Waals surface area contributed by atoms with Crippen LogP contribution in [0.4, 0.5) is 10.5 Å². The minimum absolute atomic E-state index is 0.0911. The second-order valence-corrected chi connectivity index (χ2v) is 10.4. The molecule has 2 N–H and O–H groups in total. The van der Waals surface area contributed by atoms with Crippen LogP contribution < -0.4 is 10.6 Å². The highest BCUT2D eigenvalue weighted by molar-refractivity contribution is 7.95. The first-order valence-corrected chi connectivity index (χ1v) is 13.5. The average molecular weight is 523 g/mol. The number of hydrogen-bond acceptors (Lipinski definition) is 4. The lowest BCUT2D eigenvalue weighted by Gasteiger charge is -2.41. The Morgan fingerprint density at radius 1 is 1.06 bits per heavy atom. The van der Waals surface area contributed by atoms with E-state index in [1.54, 1.807) is 28.9 Å². The number of amides is 3. The number of benzene rings is 2. The van der Waals surface area contributed by atoms with Gasteiger partial charge < -0.3 is 10.6 Å². The Morgan fingerprint density at radius 3 is 2.39 bits per heavy atom. The van der Waals surface area contributed by atoms with Crippen molar-refractivity contribution in [2.45, 2.75) is 50.4 Å². The molecular weight excluding hydrogens is 498 g/mol. The number of hydrogen-bond donors (Lipinski definition) is 2. The molecule has 0 spiro atoms. The van der Waals surface area contributed by atoms with Crippen LogP contribution in [0.1, 0.15) is 31.2 Å². The number of fused-ring (bicyclic) bond motifs is 2. The maximum Gasteiger partial charge on any atom is 0.319 e. The van der Waals surface area contributed by atoms with Gasteiger partial charge in [0.1, 0.15) is 0 Å². The van der Waals surface area contributed by atoms with Crippen molar-refractivity contribution in [2.24, 2.45) is 0 Å². The van der Waals surface area contributed by atoms with E-state index in [2.05, 4.69) is 27.7 Å². The zero-order valence-corrected chi connectivity index (χ0v) is 21.1. The summed E-state index contributed by atoms with van der Waals surface area (Å²) in [7, 11) is 0.489. The number of carbonyl (C=O) groups excluding carboxylic acids is 2. The van der Waals surface area contributed by atoms with E-state index < -0.39 is 6.03 Å². The molecule has 10 heteroatoms. The van der Waals surface area contributed by atoms with Crippen molar-refractivity contribution in [2.75, 3.05) is 11.9 Å². The Balaban J connectivity index is 1.30. The third-order valence-corrected chi connectivity index (χ3v) is 8.05. The molecule has 0 aliphatic carbocycles. The van der Waals surface area contributed by atoms with Crippen LogP contribution in [0, 0.1) is 0 Å². The van der Waals surface area contributed by atoms with Crippen LogP contribution in [0.2, 0.25) is 10.0 Å². The fraction of sp³-hybridized carbons (Fsp3) is 0.391. The first-order chi connectivity index (χ1) is 15.9. The minimum Gasteiger partial charge on any atom is -0.329 e. The van der Waals surface area contributed by atoms with Gasteiger partial charge in [0.05, 0.1) is 14.1 Å². The summed E-state index contributed by atoms with van der Waals surface area (Å²) in [5, 5.41) is 6.58. The van der Waals surface area contributed by atoms with Crippen molar-refractivity contribution in [1.29, 1.82) is 0 Å². The lowest BCUT2D eigenvalue weighted by atomic mass is 9.96. The van der Waals surface area contributed by atoms with Crippen molar-refractivity contribution >= 4 is 60.1 Å². The van der Waals surface area contributed by atoms with Crippen molar-refractivity contribution < 1.29 is 9.59 Å². The van der Waals surface area contributed by atoms with E-state index in [9.17, 15) is 9.59 Å². The summed E-state index contributed by atoms with van der Waals surface area (Å²) < 4.78 is 1.72. The molecule has 6 nitrogen and oxygen atoms in total. The van der Waals surface area contributed by atoms with Crippen LogP contribution in [0.25, 0.3) is 0 Å². The number of piperidine rings is 1. The molecule has 2 saturated heterocycles. The molecular formula is C23H25Cl2N4O2PS. The summed E-state index contributed by atoms with van der Waals surface area (Å²) in [4.78, 5) is 27.6. The molecule has 2 aromatic carbocycles. The number of carbonyl (C=O) groups is 2. The second kappa shape index (κ2) is 11.1. The van der Waals surface area contributed by atoms with Crippen LogP contribution in [-0.2, 0) is 23.1 Å². The molecule has 33 heavy (non-hydrogen) atoms. The van der Waals surface area contributed by atoms with Gasteiger partial charge in [-0.15, -0.1) is 0 Å². The molecule has 2 aliphatic rings. The average Bonchev–Trinajstić information content (AvgIpc) is 3.01. The maximum atomic E-state index is 12.9. The monoisotopic (exact) mass is 522 g/mol. The van der Waals surface area contributed by atoms with Crippen LogP contribution >= 0.6 is 30.7 Å². The van der Waals surface area contributed by atoms with Crippen LogP contribution in [0.5, 0.6) is 0 Å². The van der Waals surface area contributed by atoms with Gasteiger partial charge in [-0.3, -0.25) is 14.4 Å². The second-order valence-electron chi connectivity index (χ2n) is 8.45. The van der Waals surface area contributed by atoms with E-state index in [0.717, 1.165) is 37.3 Å². The highest BCUT2D eigenvalue weighted by atomic mass is 35.5. The molecule has 0 radical (unpaired) electrons. The van der Waals surface area contributed by atoms with E-state index in [1.807, 2.05) is 12.1 Å². The lowest BCUT2D eigenvalue weighted by molar-refractivity contribution is -0.127. The highest BCUT2D eigenvalue weighted by Crippen LogP contribution is 2.40. The Morgan fingerprint density at radius 2 is 1.76 bits per heavy atom.